The Labute approximate surface area is 182 Å². The van der Waals surface area contributed by atoms with E-state index in [9.17, 15) is 4.79 Å². The molecule has 4 nitrogen and oxygen atoms in total. The first-order valence-electron chi connectivity index (χ1n) is 9.60. The largest absolute Gasteiger partial charge is 0.345 e. The summed E-state index contributed by atoms with van der Waals surface area (Å²) in [7, 11) is 0. The van der Waals surface area contributed by atoms with Gasteiger partial charge in [-0.05, 0) is 43.2 Å². The van der Waals surface area contributed by atoms with E-state index < -0.39 is 0 Å². The van der Waals surface area contributed by atoms with Crippen LogP contribution in [-0.4, -0.2) is 42.0 Å². The molecule has 3 heterocycles. The molecule has 0 spiro atoms. The van der Waals surface area contributed by atoms with E-state index in [1.54, 1.807) is 11.3 Å². The zero-order valence-electron chi connectivity index (χ0n) is 16.2. The molecule has 4 aromatic rings. The number of anilines is 1. The Morgan fingerprint density at radius 3 is 2.48 bits per heavy atom. The average molecular weight is 442 g/mol. The highest BCUT2D eigenvalue weighted by molar-refractivity contribution is 7.22. The molecule has 0 saturated carbocycles. The number of carbonyl (C=O) groups is 1. The number of rotatable bonds is 2. The first-order chi connectivity index (χ1) is 14.0. The Kier molecular flexibility index (Phi) is 4.73. The molecule has 0 N–H and O–H groups in total. The van der Waals surface area contributed by atoms with E-state index in [1.807, 2.05) is 29.2 Å². The summed E-state index contributed by atoms with van der Waals surface area (Å²) in [5, 5.41) is 2.58. The second kappa shape index (κ2) is 7.27. The normalized spacial score (nSPS) is 14.9. The Bertz CT molecular complexity index is 1200. The van der Waals surface area contributed by atoms with Gasteiger partial charge >= 0.3 is 0 Å². The molecule has 5 rings (SSSR count). The van der Waals surface area contributed by atoms with Crippen molar-refractivity contribution >= 4 is 65.6 Å². The molecule has 0 unspecified atom stereocenters. The predicted molar refractivity (Wildman–Crippen MR) is 124 cm³/mol. The minimum atomic E-state index is 0.0337. The fourth-order valence-electron chi connectivity index (χ4n) is 3.70. The Morgan fingerprint density at radius 1 is 1.00 bits per heavy atom. The molecule has 1 aliphatic heterocycles. The van der Waals surface area contributed by atoms with Crippen molar-refractivity contribution in [1.82, 2.24) is 9.88 Å². The molecule has 2 aromatic heterocycles. The molecule has 148 valence electrons. The van der Waals surface area contributed by atoms with Crippen LogP contribution in [0.4, 0.5) is 5.13 Å². The molecule has 7 heteroatoms. The lowest BCUT2D eigenvalue weighted by Crippen LogP contribution is -2.48. The van der Waals surface area contributed by atoms with E-state index in [2.05, 4.69) is 30.9 Å². The van der Waals surface area contributed by atoms with Crippen LogP contribution in [0.3, 0.4) is 0 Å². The highest BCUT2D eigenvalue weighted by Crippen LogP contribution is 2.36. The summed E-state index contributed by atoms with van der Waals surface area (Å²) in [4.78, 5) is 22.7. The van der Waals surface area contributed by atoms with Gasteiger partial charge in [0.05, 0.1) is 15.2 Å². The van der Waals surface area contributed by atoms with Crippen LogP contribution in [0.15, 0.2) is 36.4 Å². The number of hydrogen-bond acceptors (Lipinski definition) is 5. The van der Waals surface area contributed by atoms with Crippen LogP contribution in [0.1, 0.15) is 20.8 Å². The van der Waals surface area contributed by atoms with Crippen LogP contribution in [0.25, 0.3) is 20.3 Å². The summed E-state index contributed by atoms with van der Waals surface area (Å²) >= 11 is 9.72. The van der Waals surface area contributed by atoms with Gasteiger partial charge in [-0.1, -0.05) is 41.1 Å². The van der Waals surface area contributed by atoms with E-state index in [4.69, 9.17) is 16.6 Å². The molecule has 2 aromatic carbocycles. The van der Waals surface area contributed by atoms with E-state index >= 15 is 0 Å². The molecule has 1 fully saturated rings. The van der Waals surface area contributed by atoms with Crippen molar-refractivity contribution in [3.63, 3.8) is 0 Å². The standard InChI is InChI=1S/C22H20ClN3OS2/c1-13-11-16-18(12-14(13)2)29-22(24-16)26-9-7-25(8-10-26)21(27)20-19(23)15-5-3-4-6-17(15)28-20/h3-6,11-12H,7-10H2,1-2H3. The lowest BCUT2D eigenvalue weighted by atomic mass is 10.1. The number of aryl methyl sites for hydroxylation is 2. The number of thiazole rings is 1. The number of halogens is 1. The smallest absolute Gasteiger partial charge is 0.265 e. The first-order valence-corrected chi connectivity index (χ1v) is 11.6. The molecular formula is C22H20ClN3OS2. The number of nitrogens with zero attached hydrogens (tertiary/aromatic N) is 3. The van der Waals surface area contributed by atoms with Crippen molar-refractivity contribution < 1.29 is 4.79 Å². The molecule has 29 heavy (non-hydrogen) atoms. The molecule has 1 saturated heterocycles. The zero-order chi connectivity index (χ0) is 20.1. The highest BCUT2D eigenvalue weighted by atomic mass is 35.5. The minimum absolute atomic E-state index is 0.0337. The van der Waals surface area contributed by atoms with Crippen molar-refractivity contribution in [3.05, 3.63) is 57.4 Å². The summed E-state index contributed by atoms with van der Waals surface area (Å²) in [6.07, 6.45) is 0. The molecule has 0 radical (unpaired) electrons. The minimum Gasteiger partial charge on any atom is -0.345 e. The van der Waals surface area contributed by atoms with E-state index in [-0.39, 0.29) is 5.91 Å². The monoisotopic (exact) mass is 441 g/mol. The summed E-state index contributed by atoms with van der Waals surface area (Å²) in [6, 6.07) is 12.3. The summed E-state index contributed by atoms with van der Waals surface area (Å²) in [5.41, 5.74) is 3.62. The number of amides is 1. The molecule has 0 atom stereocenters. The van der Waals surface area contributed by atoms with Gasteiger partial charge in [-0.3, -0.25) is 4.79 Å². The Hall–Kier alpha value is -2.15. The third-order valence-electron chi connectivity index (χ3n) is 5.56. The second-order valence-corrected chi connectivity index (χ2v) is 9.86. The Morgan fingerprint density at radius 2 is 1.72 bits per heavy atom. The van der Waals surface area contributed by atoms with Crippen LogP contribution in [0, 0.1) is 13.8 Å². The molecule has 1 amide bonds. The van der Waals surface area contributed by atoms with Gasteiger partial charge in [0.25, 0.3) is 5.91 Å². The lowest BCUT2D eigenvalue weighted by molar-refractivity contribution is 0.0752. The quantitative estimate of drug-likeness (QED) is 0.397. The average Bonchev–Trinajstić information content (AvgIpc) is 3.29. The van der Waals surface area contributed by atoms with Crippen molar-refractivity contribution in [1.29, 1.82) is 0 Å². The van der Waals surface area contributed by atoms with Gasteiger partial charge in [0.2, 0.25) is 0 Å². The fraction of sp³-hybridized carbons (Fsp3) is 0.273. The van der Waals surface area contributed by atoms with Crippen molar-refractivity contribution in [2.45, 2.75) is 13.8 Å². The topological polar surface area (TPSA) is 36.4 Å². The molecular weight excluding hydrogens is 422 g/mol. The number of fused-ring (bicyclic) bond motifs is 2. The van der Waals surface area contributed by atoms with E-state index in [1.165, 1.54) is 27.2 Å². The van der Waals surface area contributed by atoms with Gasteiger partial charge in [-0.25, -0.2) is 4.98 Å². The van der Waals surface area contributed by atoms with Crippen LogP contribution in [-0.2, 0) is 0 Å². The number of benzene rings is 2. The van der Waals surface area contributed by atoms with Crippen LogP contribution in [0.2, 0.25) is 5.02 Å². The second-order valence-electron chi connectivity index (χ2n) is 7.42. The van der Waals surface area contributed by atoms with Gasteiger partial charge < -0.3 is 9.80 Å². The fourth-order valence-corrected chi connectivity index (χ4v) is 6.28. The van der Waals surface area contributed by atoms with Crippen LogP contribution in [0.5, 0.6) is 0 Å². The van der Waals surface area contributed by atoms with Crippen molar-refractivity contribution in [2.24, 2.45) is 0 Å². The highest BCUT2D eigenvalue weighted by Gasteiger charge is 2.27. The van der Waals surface area contributed by atoms with E-state index in [0.29, 0.717) is 23.0 Å². The molecule has 0 aliphatic carbocycles. The van der Waals surface area contributed by atoms with E-state index in [0.717, 1.165) is 33.8 Å². The Balaban J connectivity index is 1.33. The molecule has 1 aliphatic rings. The van der Waals surface area contributed by atoms with Crippen molar-refractivity contribution in [2.75, 3.05) is 31.1 Å². The maximum absolute atomic E-state index is 13.1. The lowest BCUT2D eigenvalue weighted by Gasteiger charge is -2.34. The maximum atomic E-state index is 13.1. The van der Waals surface area contributed by atoms with Gasteiger partial charge in [0.1, 0.15) is 4.88 Å². The number of carbonyl (C=O) groups excluding carboxylic acids is 1. The predicted octanol–water partition coefficient (Wildman–Crippen LogP) is 5.74. The zero-order valence-corrected chi connectivity index (χ0v) is 18.6. The summed E-state index contributed by atoms with van der Waals surface area (Å²) in [6.45, 7) is 7.18. The van der Waals surface area contributed by atoms with Crippen LogP contribution >= 0.6 is 34.3 Å². The summed E-state index contributed by atoms with van der Waals surface area (Å²) < 4.78 is 2.28. The number of piperazine rings is 1. The maximum Gasteiger partial charge on any atom is 0.265 e. The van der Waals surface area contributed by atoms with Crippen molar-refractivity contribution in [3.8, 4) is 0 Å². The van der Waals surface area contributed by atoms with Gasteiger partial charge in [-0.15, -0.1) is 11.3 Å². The third-order valence-corrected chi connectivity index (χ3v) is 8.30. The summed E-state index contributed by atoms with van der Waals surface area (Å²) in [5.74, 6) is 0.0337. The number of hydrogen-bond donors (Lipinski definition) is 0. The SMILES string of the molecule is Cc1cc2nc(N3CCN(C(=O)c4sc5ccccc5c4Cl)CC3)sc2cc1C. The van der Waals surface area contributed by atoms with Gasteiger partial charge in [0, 0.05) is 36.3 Å². The van der Waals surface area contributed by atoms with Crippen LogP contribution < -0.4 is 4.90 Å². The van der Waals surface area contributed by atoms with Gasteiger partial charge in [0.15, 0.2) is 5.13 Å². The van der Waals surface area contributed by atoms with Gasteiger partial charge in [-0.2, -0.15) is 0 Å². The molecule has 0 bridgehead atoms. The first kappa shape index (κ1) is 18.9. The number of thiophene rings is 1. The number of aromatic nitrogens is 1. The third kappa shape index (κ3) is 3.29.